The number of rotatable bonds is 5. The molecule has 0 spiro atoms. The van der Waals surface area contributed by atoms with E-state index in [-0.39, 0.29) is 5.91 Å². The Morgan fingerprint density at radius 1 is 1.30 bits per heavy atom. The van der Waals surface area contributed by atoms with Crippen molar-refractivity contribution in [2.75, 3.05) is 5.75 Å². The van der Waals surface area contributed by atoms with Crippen LogP contribution >= 0.6 is 11.8 Å². The minimum atomic E-state index is 0.0522. The molecule has 122 valence electrons. The van der Waals surface area contributed by atoms with Gasteiger partial charge in [-0.3, -0.25) is 4.79 Å². The molecule has 2 atom stereocenters. The monoisotopic (exact) mass is 331 g/mol. The average molecular weight is 331 g/mol. The summed E-state index contributed by atoms with van der Waals surface area (Å²) in [6, 6.07) is 9.99. The number of nitrogens with zero attached hydrogens (tertiary/aromatic N) is 4. The molecule has 1 saturated carbocycles. The number of benzene rings is 1. The van der Waals surface area contributed by atoms with Crippen molar-refractivity contribution in [3.05, 3.63) is 30.3 Å². The summed E-state index contributed by atoms with van der Waals surface area (Å²) >= 11 is 1.36. The molecule has 0 aliphatic heterocycles. The zero-order valence-electron chi connectivity index (χ0n) is 13.2. The Hall–Kier alpha value is -1.89. The van der Waals surface area contributed by atoms with Crippen molar-refractivity contribution in [3.8, 4) is 5.69 Å². The molecule has 1 aliphatic rings. The number of carbonyl (C=O) groups excluding carboxylic acids is 1. The lowest BCUT2D eigenvalue weighted by Gasteiger charge is -2.29. The first kappa shape index (κ1) is 16.0. The Balaban J connectivity index is 1.57. The zero-order chi connectivity index (χ0) is 16.1. The molecular weight excluding hydrogens is 310 g/mol. The number of carbonyl (C=O) groups is 1. The fourth-order valence-corrected chi connectivity index (χ4v) is 3.61. The van der Waals surface area contributed by atoms with Crippen molar-refractivity contribution in [2.45, 2.75) is 43.8 Å². The molecule has 2 aromatic rings. The van der Waals surface area contributed by atoms with Gasteiger partial charge in [-0.15, -0.1) is 5.10 Å². The Morgan fingerprint density at radius 2 is 2.09 bits per heavy atom. The SMILES string of the molecule is C[C@H]1CCCC[C@@H]1NC(=O)CSc1nnnn1-c1ccccc1. The summed E-state index contributed by atoms with van der Waals surface area (Å²) in [7, 11) is 0. The van der Waals surface area contributed by atoms with Gasteiger partial charge in [-0.05, 0) is 41.3 Å². The van der Waals surface area contributed by atoms with Crippen molar-refractivity contribution < 1.29 is 4.79 Å². The molecule has 6 nitrogen and oxygen atoms in total. The number of hydrogen-bond acceptors (Lipinski definition) is 5. The molecule has 0 bridgehead atoms. The highest BCUT2D eigenvalue weighted by atomic mass is 32.2. The van der Waals surface area contributed by atoms with E-state index in [9.17, 15) is 4.79 Å². The van der Waals surface area contributed by atoms with Gasteiger partial charge < -0.3 is 5.32 Å². The number of para-hydroxylation sites is 1. The molecule has 23 heavy (non-hydrogen) atoms. The second-order valence-electron chi connectivity index (χ2n) is 5.93. The lowest BCUT2D eigenvalue weighted by atomic mass is 9.86. The number of amides is 1. The van der Waals surface area contributed by atoms with Gasteiger partial charge in [-0.2, -0.15) is 4.68 Å². The second-order valence-corrected chi connectivity index (χ2v) is 6.88. The van der Waals surface area contributed by atoms with Crippen LogP contribution in [0.25, 0.3) is 5.69 Å². The molecule has 1 aromatic carbocycles. The topological polar surface area (TPSA) is 72.7 Å². The van der Waals surface area contributed by atoms with E-state index < -0.39 is 0 Å². The lowest BCUT2D eigenvalue weighted by molar-refractivity contribution is -0.119. The summed E-state index contributed by atoms with van der Waals surface area (Å²) in [6.07, 6.45) is 4.76. The molecular formula is C16H21N5OS. The van der Waals surface area contributed by atoms with Crippen LogP contribution in [0.4, 0.5) is 0 Å². The maximum absolute atomic E-state index is 12.2. The number of tetrazole rings is 1. The minimum Gasteiger partial charge on any atom is -0.352 e. The summed E-state index contributed by atoms with van der Waals surface area (Å²) in [5.74, 6) is 0.944. The van der Waals surface area contributed by atoms with Crippen molar-refractivity contribution in [1.29, 1.82) is 0 Å². The van der Waals surface area contributed by atoms with Gasteiger partial charge in [0.25, 0.3) is 0 Å². The summed E-state index contributed by atoms with van der Waals surface area (Å²) in [6.45, 7) is 2.22. The van der Waals surface area contributed by atoms with Crippen LogP contribution in [0, 0.1) is 5.92 Å². The van der Waals surface area contributed by atoms with Crippen LogP contribution < -0.4 is 5.32 Å². The van der Waals surface area contributed by atoms with Crippen LogP contribution in [0.3, 0.4) is 0 Å². The van der Waals surface area contributed by atoms with Gasteiger partial charge >= 0.3 is 0 Å². The zero-order valence-corrected chi connectivity index (χ0v) is 14.0. The first-order valence-electron chi connectivity index (χ1n) is 8.00. The number of nitrogens with one attached hydrogen (secondary N) is 1. The van der Waals surface area contributed by atoms with E-state index in [4.69, 9.17) is 0 Å². The summed E-state index contributed by atoms with van der Waals surface area (Å²) in [5.41, 5.74) is 0.890. The molecule has 1 aliphatic carbocycles. The van der Waals surface area contributed by atoms with Crippen molar-refractivity contribution >= 4 is 17.7 Å². The third-order valence-corrected chi connectivity index (χ3v) is 5.15. The number of thioether (sulfide) groups is 1. The molecule has 7 heteroatoms. The highest BCUT2D eigenvalue weighted by molar-refractivity contribution is 7.99. The van der Waals surface area contributed by atoms with E-state index >= 15 is 0 Å². The average Bonchev–Trinajstić information content (AvgIpc) is 3.04. The van der Waals surface area contributed by atoms with Crippen molar-refractivity contribution in [3.63, 3.8) is 0 Å². The Morgan fingerprint density at radius 3 is 2.87 bits per heavy atom. The van der Waals surface area contributed by atoms with Crippen molar-refractivity contribution in [1.82, 2.24) is 25.5 Å². The molecule has 3 rings (SSSR count). The maximum Gasteiger partial charge on any atom is 0.230 e. The smallest absolute Gasteiger partial charge is 0.230 e. The molecule has 1 N–H and O–H groups in total. The molecule has 0 saturated heterocycles. The molecule has 0 radical (unpaired) electrons. The van der Waals surface area contributed by atoms with Gasteiger partial charge in [0.05, 0.1) is 11.4 Å². The quantitative estimate of drug-likeness (QED) is 0.852. The Kier molecular flexibility index (Phi) is 5.27. The number of aromatic nitrogens is 4. The summed E-state index contributed by atoms with van der Waals surface area (Å²) in [5, 5.41) is 15.5. The third kappa shape index (κ3) is 4.10. The van der Waals surface area contributed by atoms with Crippen LogP contribution in [0.2, 0.25) is 0 Å². The standard InChI is InChI=1S/C16H21N5OS/c1-12-7-5-6-10-14(12)17-15(22)11-23-16-18-19-20-21(16)13-8-3-2-4-9-13/h2-4,8-9,12,14H,5-7,10-11H2,1H3,(H,17,22)/t12-,14-/m0/s1. The fourth-order valence-electron chi connectivity index (χ4n) is 2.91. The van der Waals surface area contributed by atoms with E-state index in [0.717, 1.165) is 12.1 Å². The van der Waals surface area contributed by atoms with Crippen LogP contribution in [-0.4, -0.2) is 37.9 Å². The summed E-state index contributed by atoms with van der Waals surface area (Å²) < 4.78 is 1.65. The van der Waals surface area contributed by atoms with Crippen LogP contribution in [0.1, 0.15) is 32.6 Å². The first-order valence-corrected chi connectivity index (χ1v) is 8.98. The van der Waals surface area contributed by atoms with E-state index in [1.165, 1.54) is 31.0 Å². The lowest BCUT2D eigenvalue weighted by Crippen LogP contribution is -2.41. The van der Waals surface area contributed by atoms with Crippen LogP contribution in [0.15, 0.2) is 35.5 Å². The van der Waals surface area contributed by atoms with Crippen molar-refractivity contribution in [2.24, 2.45) is 5.92 Å². The minimum absolute atomic E-state index is 0.0522. The van der Waals surface area contributed by atoms with Gasteiger partial charge in [0.15, 0.2) is 0 Å². The highest BCUT2D eigenvalue weighted by Gasteiger charge is 2.23. The van der Waals surface area contributed by atoms with Gasteiger partial charge in [0, 0.05) is 6.04 Å². The molecule has 0 unspecified atom stereocenters. The van der Waals surface area contributed by atoms with Gasteiger partial charge in [-0.1, -0.05) is 49.7 Å². The third-order valence-electron chi connectivity index (χ3n) is 4.23. The second kappa shape index (κ2) is 7.59. The normalized spacial score (nSPS) is 21.1. The largest absolute Gasteiger partial charge is 0.352 e. The predicted molar refractivity (Wildman–Crippen MR) is 89.4 cm³/mol. The first-order chi connectivity index (χ1) is 11.2. The van der Waals surface area contributed by atoms with Gasteiger partial charge in [0.1, 0.15) is 0 Å². The molecule has 1 fully saturated rings. The van der Waals surface area contributed by atoms with E-state index in [1.807, 2.05) is 30.3 Å². The van der Waals surface area contributed by atoms with Crippen LogP contribution in [-0.2, 0) is 4.79 Å². The van der Waals surface area contributed by atoms with E-state index in [2.05, 4.69) is 27.8 Å². The van der Waals surface area contributed by atoms with E-state index in [1.54, 1.807) is 4.68 Å². The van der Waals surface area contributed by atoms with Gasteiger partial charge in [0.2, 0.25) is 11.1 Å². The van der Waals surface area contributed by atoms with E-state index in [0.29, 0.717) is 22.9 Å². The molecule has 1 heterocycles. The summed E-state index contributed by atoms with van der Waals surface area (Å²) in [4.78, 5) is 12.2. The predicted octanol–water partition coefficient (Wildman–Crippen LogP) is 2.45. The van der Waals surface area contributed by atoms with Crippen LogP contribution in [0.5, 0.6) is 0 Å². The maximum atomic E-state index is 12.2. The number of hydrogen-bond donors (Lipinski definition) is 1. The molecule has 1 amide bonds. The Labute approximate surface area is 140 Å². The Bertz CT molecular complexity index is 645. The highest BCUT2D eigenvalue weighted by Crippen LogP contribution is 2.24. The fraction of sp³-hybridized carbons (Fsp3) is 0.500. The molecule has 1 aromatic heterocycles. The van der Waals surface area contributed by atoms with Gasteiger partial charge in [-0.25, -0.2) is 0 Å².